The van der Waals surface area contributed by atoms with Crippen LogP contribution in [0.15, 0.2) is 29.3 Å². The molecule has 1 rings (SSSR count). The summed E-state index contributed by atoms with van der Waals surface area (Å²) >= 11 is 0. The van der Waals surface area contributed by atoms with E-state index in [1.54, 1.807) is 14.2 Å². The number of rotatable bonds is 12. The molecule has 0 bridgehead atoms. The molecule has 0 saturated heterocycles. The molecule has 2 N–H and O–H groups in total. The van der Waals surface area contributed by atoms with Crippen molar-refractivity contribution in [3.05, 3.63) is 35.4 Å². The summed E-state index contributed by atoms with van der Waals surface area (Å²) in [7, 11) is 3.38. The van der Waals surface area contributed by atoms with Crippen LogP contribution in [-0.4, -0.2) is 53.1 Å². The fourth-order valence-electron chi connectivity index (χ4n) is 2.04. The number of aliphatic imine (C=N–C) groups is 1. The Morgan fingerprint density at radius 1 is 0.958 bits per heavy atom. The van der Waals surface area contributed by atoms with Crippen molar-refractivity contribution in [2.45, 2.75) is 26.5 Å². The average molecular weight is 337 g/mol. The minimum atomic E-state index is 0.639. The van der Waals surface area contributed by atoms with Gasteiger partial charge in [0.15, 0.2) is 5.96 Å². The van der Waals surface area contributed by atoms with Crippen LogP contribution in [0, 0.1) is 0 Å². The number of guanidine groups is 1. The molecule has 0 saturated carbocycles. The first-order valence-electron chi connectivity index (χ1n) is 8.45. The number of ether oxygens (including phenoxy) is 3. The summed E-state index contributed by atoms with van der Waals surface area (Å²) in [6.45, 7) is 7.01. The summed E-state index contributed by atoms with van der Waals surface area (Å²) in [5.74, 6) is 0.829. The quantitative estimate of drug-likeness (QED) is 0.347. The predicted octanol–water partition coefficient (Wildman–Crippen LogP) is 1.94. The van der Waals surface area contributed by atoms with Crippen LogP contribution in [-0.2, 0) is 27.4 Å². The van der Waals surface area contributed by atoms with Crippen molar-refractivity contribution in [3.8, 4) is 0 Å². The van der Waals surface area contributed by atoms with Crippen LogP contribution in [0.25, 0.3) is 0 Å². The van der Waals surface area contributed by atoms with E-state index in [0.29, 0.717) is 26.4 Å². The first-order valence-corrected chi connectivity index (χ1v) is 8.45. The third-order valence-electron chi connectivity index (χ3n) is 3.29. The van der Waals surface area contributed by atoms with Gasteiger partial charge in [-0.2, -0.15) is 0 Å². The van der Waals surface area contributed by atoms with Crippen molar-refractivity contribution in [3.63, 3.8) is 0 Å². The average Bonchev–Trinajstić information content (AvgIpc) is 2.60. The zero-order chi connectivity index (χ0) is 17.5. The molecule has 1 aromatic rings. The van der Waals surface area contributed by atoms with E-state index in [2.05, 4.69) is 46.8 Å². The summed E-state index contributed by atoms with van der Waals surface area (Å²) in [5, 5.41) is 6.57. The van der Waals surface area contributed by atoms with E-state index in [0.717, 1.165) is 32.1 Å². The van der Waals surface area contributed by atoms with Crippen LogP contribution >= 0.6 is 0 Å². The zero-order valence-electron chi connectivity index (χ0n) is 15.1. The van der Waals surface area contributed by atoms with Gasteiger partial charge in [-0.3, -0.25) is 0 Å². The number of benzene rings is 1. The molecule has 1 aromatic carbocycles. The summed E-state index contributed by atoms with van der Waals surface area (Å²) in [5.41, 5.74) is 2.35. The Bertz CT molecular complexity index is 449. The van der Waals surface area contributed by atoms with Gasteiger partial charge in [0.05, 0.1) is 26.4 Å². The zero-order valence-corrected chi connectivity index (χ0v) is 15.1. The Morgan fingerprint density at radius 2 is 1.71 bits per heavy atom. The molecule has 0 spiro atoms. The Kier molecular flexibility index (Phi) is 11.7. The van der Waals surface area contributed by atoms with E-state index in [9.17, 15) is 0 Å². The van der Waals surface area contributed by atoms with E-state index in [-0.39, 0.29) is 0 Å². The Labute approximate surface area is 145 Å². The van der Waals surface area contributed by atoms with Gasteiger partial charge in [-0.1, -0.05) is 24.3 Å². The van der Waals surface area contributed by atoms with E-state index >= 15 is 0 Å². The molecule has 0 aromatic heterocycles. The minimum Gasteiger partial charge on any atom is -0.382 e. The highest BCUT2D eigenvalue weighted by atomic mass is 16.5. The Morgan fingerprint density at radius 3 is 2.38 bits per heavy atom. The van der Waals surface area contributed by atoms with Crippen molar-refractivity contribution in [1.29, 1.82) is 0 Å². The number of methoxy groups -OCH3 is 2. The van der Waals surface area contributed by atoms with Gasteiger partial charge in [-0.25, -0.2) is 4.99 Å². The second-order valence-corrected chi connectivity index (χ2v) is 5.33. The molecule has 0 unspecified atom stereocenters. The molecule has 0 atom stereocenters. The van der Waals surface area contributed by atoms with Gasteiger partial charge in [-0.05, 0) is 24.5 Å². The van der Waals surface area contributed by atoms with Gasteiger partial charge in [0.1, 0.15) is 0 Å². The first kappa shape index (κ1) is 20.4. The van der Waals surface area contributed by atoms with Crippen LogP contribution in [0.4, 0.5) is 0 Å². The monoisotopic (exact) mass is 337 g/mol. The molecular weight excluding hydrogens is 306 g/mol. The van der Waals surface area contributed by atoms with Crippen molar-refractivity contribution in [2.24, 2.45) is 4.99 Å². The largest absolute Gasteiger partial charge is 0.382 e. The smallest absolute Gasteiger partial charge is 0.191 e. The van der Waals surface area contributed by atoms with Gasteiger partial charge >= 0.3 is 0 Å². The van der Waals surface area contributed by atoms with Crippen molar-refractivity contribution in [1.82, 2.24) is 10.6 Å². The van der Waals surface area contributed by atoms with E-state index < -0.39 is 0 Å². The summed E-state index contributed by atoms with van der Waals surface area (Å²) in [4.78, 5) is 4.61. The number of nitrogens with one attached hydrogen (secondary N) is 2. The van der Waals surface area contributed by atoms with E-state index in [4.69, 9.17) is 14.2 Å². The van der Waals surface area contributed by atoms with Gasteiger partial charge in [0, 0.05) is 33.9 Å². The molecule has 24 heavy (non-hydrogen) atoms. The highest BCUT2D eigenvalue weighted by Crippen LogP contribution is 2.06. The fraction of sp³-hybridized carbons (Fsp3) is 0.611. The van der Waals surface area contributed by atoms with Crippen LogP contribution in [0.5, 0.6) is 0 Å². The molecule has 0 amide bonds. The lowest BCUT2D eigenvalue weighted by Crippen LogP contribution is -2.38. The molecule has 0 aliphatic heterocycles. The van der Waals surface area contributed by atoms with Crippen LogP contribution in [0.2, 0.25) is 0 Å². The minimum absolute atomic E-state index is 0.639. The lowest BCUT2D eigenvalue weighted by atomic mass is 10.1. The van der Waals surface area contributed by atoms with Crippen LogP contribution in [0.1, 0.15) is 24.5 Å². The molecule has 0 aliphatic carbocycles. The van der Waals surface area contributed by atoms with E-state index in [1.807, 2.05) is 0 Å². The standard InChI is InChI=1S/C18H31N3O3/c1-4-19-18(20-10-5-11-24-13-12-22-2)21-14-16-6-8-17(9-7-16)15-23-3/h6-9H,4-5,10-15H2,1-3H3,(H2,19,20,21). The third-order valence-corrected chi connectivity index (χ3v) is 3.29. The molecule has 6 nitrogen and oxygen atoms in total. The van der Waals surface area contributed by atoms with Crippen molar-refractivity contribution >= 4 is 5.96 Å². The normalized spacial score (nSPS) is 11.5. The maximum Gasteiger partial charge on any atom is 0.191 e. The maximum atomic E-state index is 5.44. The van der Waals surface area contributed by atoms with Gasteiger partial charge in [-0.15, -0.1) is 0 Å². The second kappa shape index (κ2) is 13.8. The first-order chi connectivity index (χ1) is 11.8. The van der Waals surface area contributed by atoms with Crippen molar-refractivity contribution < 1.29 is 14.2 Å². The lowest BCUT2D eigenvalue weighted by molar-refractivity contribution is 0.0698. The predicted molar refractivity (Wildman–Crippen MR) is 97.3 cm³/mol. The van der Waals surface area contributed by atoms with E-state index in [1.165, 1.54) is 11.1 Å². The Hall–Kier alpha value is -1.63. The highest BCUT2D eigenvalue weighted by Gasteiger charge is 1.98. The summed E-state index contributed by atoms with van der Waals surface area (Å²) < 4.78 is 15.5. The molecule has 6 heteroatoms. The second-order valence-electron chi connectivity index (χ2n) is 5.33. The molecular formula is C18H31N3O3. The number of nitrogens with zero attached hydrogens (tertiary/aromatic N) is 1. The highest BCUT2D eigenvalue weighted by molar-refractivity contribution is 5.79. The Balaban J connectivity index is 2.33. The molecule has 0 heterocycles. The molecule has 0 fully saturated rings. The number of hydrogen-bond acceptors (Lipinski definition) is 4. The van der Waals surface area contributed by atoms with Gasteiger partial charge in [0.2, 0.25) is 0 Å². The number of hydrogen-bond donors (Lipinski definition) is 2. The van der Waals surface area contributed by atoms with Crippen LogP contribution in [0.3, 0.4) is 0 Å². The molecule has 0 radical (unpaired) electrons. The third kappa shape index (κ3) is 9.50. The van der Waals surface area contributed by atoms with Gasteiger partial charge in [0.25, 0.3) is 0 Å². The maximum absolute atomic E-state index is 5.44. The van der Waals surface area contributed by atoms with Crippen LogP contribution < -0.4 is 10.6 Å². The fourth-order valence-corrected chi connectivity index (χ4v) is 2.04. The topological polar surface area (TPSA) is 64.1 Å². The molecule has 136 valence electrons. The van der Waals surface area contributed by atoms with Crippen molar-refractivity contribution in [2.75, 3.05) is 47.1 Å². The summed E-state index contributed by atoms with van der Waals surface area (Å²) in [6.07, 6.45) is 0.930. The SMILES string of the molecule is CCNC(=NCc1ccc(COC)cc1)NCCCOCCOC. The lowest BCUT2D eigenvalue weighted by Gasteiger charge is -2.11. The van der Waals surface area contributed by atoms with Gasteiger partial charge < -0.3 is 24.8 Å². The molecule has 0 aliphatic rings. The summed E-state index contributed by atoms with van der Waals surface area (Å²) in [6, 6.07) is 8.33.